The van der Waals surface area contributed by atoms with Crippen LogP contribution in [0, 0.1) is 10.1 Å². The first-order valence-electron chi connectivity index (χ1n) is 4.29. The van der Waals surface area contributed by atoms with Crippen molar-refractivity contribution in [2.45, 2.75) is 13.3 Å². The predicted molar refractivity (Wildman–Crippen MR) is 54.1 cm³/mol. The Hall–Kier alpha value is -1.85. The minimum Gasteiger partial charge on any atom is -0.383 e. The van der Waals surface area contributed by atoms with E-state index in [9.17, 15) is 10.1 Å². The van der Waals surface area contributed by atoms with Crippen LogP contribution in [0.4, 0.5) is 17.3 Å². The molecule has 0 bridgehead atoms. The van der Waals surface area contributed by atoms with Gasteiger partial charge in [0, 0.05) is 6.54 Å². The molecule has 14 heavy (non-hydrogen) atoms. The molecule has 0 saturated carbocycles. The molecule has 3 N–H and O–H groups in total. The van der Waals surface area contributed by atoms with Crippen molar-refractivity contribution in [2.24, 2.45) is 0 Å². The number of hydrogen-bond donors (Lipinski definition) is 2. The third-order valence-corrected chi connectivity index (χ3v) is 1.60. The zero-order valence-corrected chi connectivity index (χ0v) is 7.86. The molecule has 76 valence electrons. The molecule has 0 radical (unpaired) electrons. The van der Waals surface area contributed by atoms with Gasteiger partial charge in [-0.3, -0.25) is 10.1 Å². The number of nitrogens with one attached hydrogen (secondary N) is 1. The maximum Gasteiger partial charge on any atom is 0.276 e. The Labute approximate surface area is 81.3 Å². The van der Waals surface area contributed by atoms with Gasteiger partial charge in [0.2, 0.25) is 0 Å². The molecule has 0 aliphatic heterocycles. The Kier molecular flexibility index (Phi) is 3.22. The second-order valence-electron chi connectivity index (χ2n) is 2.82. The summed E-state index contributed by atoms with van der Waals surface area (Å²) in [6, 6.07) is 2.60. The van der Waals surface area contributed by atoms with E-state index in [4.69, 9.17) is 5.73 Å². The summed E-state index contributed by atoms with van der Waals surface area (Å²) in [7, 11) is 0. The van der Waals surface area contributed by atoms with Crippen LogP contribution in [0.5, 0.6) is 0 Å². The van der Waals surface area contributed by atoms with Crippen LogP contribution in [0.15, 0.2) is 12.1 Å². The monoisotopic (exact) mass is 196 g/mol. The topological polar surface area (TPSA) is 94.1 Å². The SMILES string of the molecule is CCCNc1cc([N+](=O)[O-])cc(N)n1. The molecule has 0 atom stereocenters. The molecule has 1 heterocycles. The molecular weight excluding hydrogens is 184 g/mol. The third kappa shape index (κ3) is 2.58. The summed E-state index contributed by atoms with van der Waals surface area (Å²) in [5.74, 6) is 0.594. The minimum atomic E-state index is -0.491. The zero-order chi connectivity index (χ0) is 10.6. The Morgan fingerprint density at radius 2 is 2.36 bits per heavy atom. The molecule has 1 rings (SSSR count). The fourth-order valence-corrected chi connectivity index (χ4v) is 0.986. The van der Waals surface area contributed by atoms with E-state index >= 15 is 0 Å². The van der Waals surface area contributed by atoms with Crippen molar-refractivity contribution in [1.29, 1.82) is 0 Å². The summed E-state index contributed by atoms with van der Waals surface area (Å²) in [6.07, 6.45) is 0.921. The summed E-state index contributed by atoms with van der Waals surface area (Å²) in [5, 5.41) is 13.4. The van der Waals surface area contributed by atoms with Crippen LogP contribution in [0.2, 0.25) is 0 Å². The molecule has 0 aromatic carbocycles. The van der Waals surface area contributed by atoms with Crippen LogP contribution in [0.25, 0.3) is 0 Å². The van der Waals surface area contributed by atoms with Crippen LogP contribution in [-0.4, -0.2) is 16.5 Å². The Morgan fingerprint density at radius 3 is 2.93 bits per heavy atom. The Balaban J connectivity index is 2.89. The van der Waals surface area contributed by atoms with Crippen LogP contribution < -0.4 is 11.1 Å². The van der Waals surface area contributed by atoms with Gasteiger partial charge in [-0.1, -0.05) is 6.92 Å². The van der Waals surface area contributed by atoms with E-state index in [2.05, 4.69) is 10.3 Å². The fraction of sp³-hybridized carbons (Fsp3) is 0.375. The van der Waals surface area contributed by atoms with Crippen LogP contribution in [0.3, 0.4) is 0 Å². The second-order valence-corrected chi connectivity index (χ2v) is 2.82. The molecule has 1 aromatic rings. The van der Waals surface area contributed by atoms with Crippen molar-refractivity contribution in [2.75, 3.05) is 17.6 Å². The van der Waals surface area contributed by atoms with E-state index in [0.717, 1.165) is 6.42 Å². The lowest BCUT2D eigenvalue weighted by Gasteiger charge is -2.03. The van der Waals surface area contributed by atoms with Gasteiger partial charge < -0.3 is 11.1 Å². The molecule has 0 aliphatic carbocycles. The Bertz CT molecular complexity index is 340. The van der Waals surface area contributed by atoms with Gasteiger partial charge in [-0.25, -0.2) is 4.98 Å². The molecule has 6 nitrogen and oxygen atoms in total. The summed E-state index contributed by atoms with van der Waals surface area (Å²) in [4.78, 5) is 13.9. The van der Waals surface area contributed by atoms with Gasteiger partial charge in [-0.05, 0) is 6.42 Å². The molecule has 0 unspecified atom stereocenters. The molecule has 0 amide bonds. The molecule has 6 heteroatoms. The molecule has 0 saturated heterocycles. The van der Waals surface area contributed by atoms with Gasteiger partial charge in [0.05, 0.1) is 17.1 Å². The number of hydrogen-bond acceptors (Lipinski definition) is 5. The largest absolute Gasteiger partial charge is 0.383 e. The number of nitrogen functional groups attached to an aromatic ring is 1. The second kappa shape index (κ2) is 4.40. The first-order chi connectivity index (χ1) is 6.63. The fourth-order valence-electron chi connectivity index (χ4n) is 0.986. The number of nitrogens with zero attached hydrogens (tertiary/aromatic N) is 2. The van der Waals surface area contributed by atoms with E-state index in [0.29, 0.717) is 12.4 Å². The van der Waals surface area contributed by atoms with Gasteiger partial charge in [0.25, 0.3) is 5.69 Å². The third-order valence-electron chi connectivity index (χ3n) is 1.60. The summed E-state index contributed by atoms with van der Waals surface area (Å²) in [6.45, 7) is 2.71. The summed E-state index contributed by atoms with van der Waals surface area (Å²) in [5.41, 5.74) is 5.37. The number of rotatable bonds is 4. The summed E-state index contributed by atoms with van der Waals surface area (Å²) < 4.78 is 0. The average Bonchev–Trinajstić information content (AvgIpc) is 2.14. The van der Waals surface area contributed by atoms with E-state index in [-0.39, 0.29) is 11.5 Å². The van der Waals surface area contributed by atoms with E-state index in [1.165, 1.54) is 12.1 Å². The lowest BCUT2D eigenvalue weighted by atomic mass is 10.3. The Morgan fingerprint density at radius 1 is 1.64 bits per heavy atom. The van der Waals surface area contributed by atoms with Crippen molar-refractivity contribution in [1.82, 2.24) is 4.98 Å². The molecule has 0 spiro atoms. The van der Waals surface area contributed by atoms with Crippen molar-refractivity contribution in [3.63, 3.8) is 0 Å². The number of nitro groups is 1. The van der Waals surface area contributed by atoms with E-state index in [1.807, 2.05) is 6.92 Å². The van der Waals surface area contributed by atoms with Crippen LogP contribution >= 0.6 is 0 Å². The van der Waals surface area contributed by atoms with Crippen LogP contribution in [-0.2, 0) is 0 Å². The first kappa shape index (κ1) is 10.2. The highest BCUT2D eigenvalue weighted by atomic mass is 16.6. The average molecular weight is 196 g/mol. The molecule has 0 aliphatic rings. The van der Waals surface area contributed by atoms with Crippen molar-refractivity contribution < 1.29 is 4.92 Å². The predicted octanol–water partition coefficient (Wildman–Crippen LogP) is 1.39. The normalized spacial score (nSPS) is 9.79. The molecule has 1 aromatic heterocycles. The lowest BCUT2D eigenvalue weighted by molar-refractivity contribution is -0.384. The van der Waals surface area contributed by atoms with Gasteiger partial charge >= 0.3 is 0 Å². The highest BCUT2D eigenvalue weighted by Crippen LogP contribution is 2.18. The zero-order valence-electron chi connectivity index (χ0n) is 7.86. The van der Waals surface area contributed by atoms with Crippen LogP contribution in [0.1, 0.15) is 13.3 Å². The maximum atomic E-state index is 10.5. The highest BCUT2D eigenvalue weighted by Gasteiger charge is 2.08. The first-order valence-corrected chi connectivity index (χ1v) is 4.29. The highest BCUT2D eigenvalue weighted by molar-refractivity contribution is 5.52. The number of anilines is 2. The lowest BCUT2D eigenvalue weighted by Crippen LogP contribution is -2.04. The number of aromatic nitrogens is 1. The van der Waals surface area contributed by atoms with Gasteiger partial charge in [0.15, 0.2) is 0 Å². The molecular formula is C8H12N4O2. The van der Waals surface area contributed by atoms with Crippen molar-refractivity contribution >= 4 is 17.3 Å². The van der Waals surface area contributed by atoms with Gasteiger partial charge in [0.1, 0.15) is 11.6 Å². The minimum absolute atomic E-state index is 0.0453. The number of pyridine rings is 1. The van der Waals surface area contributed by atoms with E-state index in [1.54, 1.807) is 0 Å². The van der Waals surface area contributed by atoms with Gasteiger partial charge in [-0.2, -0.15) is 0 Å². The van der Waals surface area contributed by atoms with Gasteiger partial charge in [-0.15, -0.1) is 0 Å². The maximum absolute atomic E-state index is 10.5. The quantitative estimate of drug-likeness (QED) is 0.560. The smallest absolute Gasteiger partial charge is 0.276 e. The van der Waals surface area contributed by atoms with E-state index < -0.39 is 4.92 Å². The standard InChI is InChI=1S/C8H12N4O2/c1-2-3-10-8-5-6(12(13)14)4-7(9)11-8/h4-5H,2-3H2,1H3,(H3,9,10,11). The van der Waals surface area contributed by atoms with Crippen molar-refractivity contribution in [3.05, 3.63) is 22.2 Å². The van der Waals surface area contributed by atoms with Crippen molar-refractivity contribution in [3.8, 4) is 0 Å². The summed E-state index contributed by atoms with van der Waals surface area (Å²) >= 11 is 0. The molecule has 0 fully saturated rings. The number of nitrogens with two attached hydrogens (primary N) is 1.